The normalized spacial score (nSPS) is 13.2. The average molecular weight is 232 g/mol. The van der Waals surface area contributed by atoms with E-state index in [1.54, 1.807) is 13.1 Å². The number of fused-ring (bicyclic) bond motifs is 1. The molecule has 0 saturated heterocycles. The molecule has 2 aromatic rings. The van der Waals surface area contributed by atoms with Gasteiger partial charge in [-0.3, -0.25) is 9.48 Å². The Morgan fingerprint density at radius 3 is 2.65 bits per heavy atom. The number of nitrogens with zero attached hydrogens (tertiary/aromatic N) is 2. The first-order chi connectivity index (χ1) is 8.00. The first-order valence-corrected chi connectivity index (χ1v) is 5.70. The molecule has 1 heterocycles. The summed E-state index contributed by atoms with van der Waals surface area (Å²) >= 11 is 0. The summed E-state index contributed by atoms with van der Waals surface area (Å²) in [6.45, 7) is 5.83. The van der Waals surface area contributed by atoms with Gasteiger partial charge in [-0.2, -0.15) is 5.10 Å². The summed E-state index contributed by atoms with van der Waals surface area (Å²) in [6, 6.07) is 6.01. The number of hydrogen-bond donors (Lipinski definition) is 1. The summed E-state index contributed by atoms with van der Waals surface area (Å²) < 4.78 is 1.94. The highest BCUT2D eigenvalue weighted by molar-refractivity contribution is 5.82. The third-order valence-corrected chi connectivity index (χ3v) is 2.98. The largest absolute Gasteiger partial charge is 0.481 e. The minimum atomic E-state index is -0.805. The molecular formula is C13H16N2O2. The second-order valence-corrected chi connectivity index (χ2v) is 4.56. The number of aromatic nitrogens is 2. The molecule has 90 valence electrons. The van der Waals surface area contributed by atoms with E-state index in [4.69, 9.17) is 5.11 Å². The lowest BCUT2D eigenvalue weighted by molar-refractivity contribution is -0.138. The van der Waals surface area contributed by atoms with Crippen LogP contribution in [-0.4, -0.2) is 20.9 Å². The lowest BCUT2D eigenvalue weighted by atomic mass is 10.0. The van der Waals surface area contributed by atoms with Crippen LogP contribution < -0.4 is 0 Å². The monoisotopic (exact) mass is 232 g/mol. The molecule has 0 bridgehead atoms. The van der Waals surface area contributed by atoms with Gasteiger partial charge in [0.05, 0.1) is 17.6 Å². The predicted molar refractivity (Wildman–Crippen MR) is 66.2 cm³/mol. The van der Waals surface area contributed by atoms with Crippen LogP contribution in [-0.2, 0) is 4.79 Å². The molecule has 1 atom stereocenters. The Morgan fingerprint density at radius 2 is 2.06 bits per heavy atom. The fourth-order valence-electron chi connectivity index (χ4n) is 1.90. The van der Waals surface area contributed by atoms with Crippen LogP contribution in [0, 0.1) is 0 Å². The van der Waals surface area contributed by atoms with Gasteiger partial charge >= 0.3 is 5.97 Å². The summed E-state index contributed by atoms with van der Waals surface area (Å²) in [6.07, 6.45) is 1.79. The van der Waals surface area contributed by atoms with Gasteiger partial charge in [0.2, 0.25) is 0 Å². The molecule has 4 heteroatoms. The molecule has 0 aliphatic rings. The van der Waals surface area contributed by atoms with Crippen LogP contribution in [0.1, 0.15) is 38.3 Å². The molecule has 0 aliphatic heterocycles. The SMILES string of the molecule is CC(C(=O)O)c1ccc2c(cnn2C(C)C)c1. The molecule has 0 radical (unpaired) electrons. The zero-order valence-electron chi connectivity index (χ0n) is 10.2. The Balaban J connectivity index is 2.49. The van der Waals surface area contributed by atoms with Gasteiger partial charge in [-0.25, -0.2) is 0 Å². The summed E-state index contributed by atoms with van der Waals surface area (Å²) in [5, 5.41) is 14.3. The van der Waals surface area contributed by atoms with Crippen molar-refractivity contribution in [1.29, 1.82) is 0 Å². The second-order valence-electron chi connectivity index (χ2n) is 4.56. The number of carbonyl (C=O) groups is 1. The van der Waals surface area contributed by atoms with Gasteiger partial charge < -0.3 is 5.11 Å². The molecule has 0 saturated carbocycles. The molecule has 0 aliphatic carbocycles. The highest BCUT2D eigenvalue weighted by Crippen LogP contribution is 2.23. The Morgan fingerprint density at radius 1 is 1.35 bits per heavy atom. The van der Waals surface area contributed by atoms with Crippen molar-refractivity contribution >= 4 is 16.9 Å². The van der Waals surface area contributed by atoms with Crippen molar-refractivity contribution in [2.24, 2.45) is 0 Å². The van der Waals surface area contributed by atoms with Gasteiger partial charge in [-0.05, 0) is 38.5 Å². The van der Waals surface area contributed by atoms with E-state index in [9.17, 15) is 4.79 Å². The predicted octanol–water partition coefficient (Wildman–Crippen LogP) is 2.81. The number of hydrogen-bond acceptors (Lipinski definition) is 2. The minimum absolute atomic E-state index is 0.301. The first-order valence-electron chi connectivity index (χ1n) is 5.70. The Bertz CT molecular complexity index is 558. The first kappa shape index (κ1) is 11.6. The topological polar surface area (TPSA) is 55.1 Å². The van der Waals surface area contributed by atoms with Gasteiger partial charge in [-0.15, -0.1) is 0 Å². The van der Waals surface area contributed by atoms with Crippen molar-refractivity contribution < 1.29 is 9.90 Å². The van der Waals surface area contributed by atoms with Gasteiger partial charge in [0.15, 0.2) is 0 Å². The molecule has 17 heavy (non-hydrogen) atoms. The highest BCUT2D eigenvalue weighted by Gasteiger charge is 2.15. The van der Waals surface area contributed by atoms with Crippen molar-refractivity contribution in [2.75, 3.05) is 0 Å². The van der Waals surface area contributed by atoms with Gasteiger partial charge in [0, 0.05) is 11.4 Å². The number of carboxylic acids is 1. The second kappa shape index (κ2) is 4.20. The summed E-state index contributed by atoms with van der Waals surface area (Å²) in [5.41, 5.74) is 1.86. The lowest BCUT2D eigenvalue weighted by Gasteiger charge is -2.09. The van der Waals surface area contributed by atoms with Crippen molar-refractivity contribution in [3.05, 3.63) is 30.0 Å². The van der Waals surface area contributed by atoms with Crippen molar-refractivity contribution in [2.45, 2.75) is 32.7 Å². The quantitative estimate of drug-likeness (QED) is 0.885. The van der Waals surface area contributed by atoms with Crippen LogP contribution in [0.4, 0.5) is 0 Å². The smallest absolute Gasteiger partial charge is 0.310 e. The van der Waals surface area contributed by atoms with Crippen LogP contribution in [0.3, 0.4) is 0 Å². The van der Waals surface area contributed by atoms with E-state index in [0.29, 0.717) is 6.04 Å². The molecule has 1 unspecified atom stereocenters. The Kier molecular flexibility index (Phi) is 2.88. The van der Waals surface area contributed by atoms with E-state index in [-0.39, 0.29) is 0 Å². The zero-order valence-corrected chi connectivity index (χ0v) is 10.2. The van der Waals surface area contributed by atoms with Crippen molar-refractivity contribution in [3.63, 3.8) is 0 Å². The van der Waals surface area contributed by atoms with Crippen molar-refractivity contribution in [1.82, 2.24) is 9.78 Å². The van der Waals surface area contributed by atoms with Gasteiger partial charge in [0.1, 0.15) is 0 Å². The van der Waals surface area contributed by atoms with E-state index in [0.717, 1.165) is 16.5 Å². The lowest BCUT2D eigenvalue weighted by Crippen LogP contribution is -2.07. The Labute approximate surface area is 99.9 Å². The maximum Gasteiger partial charge on any atom is 0.310 e. The fourth-order valence-corrected chi connectivity index (χ4v) is 1.90. The maximum atomic E-state index is 10.9. The molecule has 4 nitrogen and oxygen atoms in total. The van der Waals surface area contributed by atoms with E-state index in [2.05, 4.69) is 18.9 Å². The van der Waals surface area contributed by atoms with Crippen LogP contribution in [0.25, 0.3) is 10.9 Å². The fraction of sp³-hybridized carbons (Fsp3) is 0.385. The minimum Gasteiger partial charge on any atom is -0.481 e. The number of carboxylic acid groups (broad SMARTS) is 1. The molecular weight excluding hydrogens is 216 g/mol. The number of aliphatic carboxylic acids is 1. The van der Waals surface area contributed by atoms with Crippen LogP contribution >= 0.6 is 0 Å². The summed E-state index contributed by atoms with van der Waals surface area (Å²) in [7, 11) is 0. The third-order valence-electron chi connectivity index (χ3n) is 2.98. The van der Waals surface area contributed by atoms with Crippen molar-refractivity contribution in [3.8, 4) is 0 Å². The molecule has 0 fully saturated rings. The standard InChI is InChI=1S/C13H16N2O2/c1-8(2)15-12-5-4-10(9(3)13(16)17)6-11(12)7-14-15/h4-9H,1-3H3,(H,16,17). The summed E-state index contributed by atoms with van der Waals surface area (Å²) in [5.74, 6) is -1.29. The van der Waals surface area contributed by atoms with Gasteiger partial charge in [0.25, 0.3) is 0 Å². The highest BCUT2D eigenvalue weighted by atomic mass is 16.4. The van der Waals surface area contributed by atoms with E-state index >= 15 is 0 Å². The Hall–Kier alpha value is -1.84. The average Bonchev–Trinajstić information content (AvgIpc) is 2.70. The van der Waals surface area contributed by atoms with Crippen LogP contribution in [0.2, 0.25) is 0 Å². The molecule has 1 aromatic heterocycles. The number of rotatable bonds is 3. The third kappa shape index (κ3) is 2.02. The van der Waals surface area contributed by atoms with E-state index in [1.807, 2.05) is 22.9 Å². The van der Waals surface area contributed by atoms with Crippen LogP contribution in [0.15, 0.2) is 24.4 Å². The molecule has 0 amide bonds. The molecule has 1 N–H and O–H groups in total. The van der Waals surface area contributed by atoms with E-state index < -0.39 is 11.9 Å². The van der Waals surface area contributed by atoms with Crippen LogP contribution in [0.5, 0.6) is 0 Å². The maximum absolute atomic E-state index is 10.9. The molecule has 1 aromatic carbocycles. The number of benzene rings is 1. The van der Waals surface area contributed by atoms with E-state index in [1.165, 1.54) is 0 Å². The molecule has 0 spiro atoms. The zero-order chi connectivity index (χ0) is 12.6. The van der Waals surface area contributed by atoms with Gasteiger partial charge in [-0.1, -0.05) is 6.07 Å². The molecule has 2 rings (SSSR count). The summed E-state index contributed by atoms with van der Waals surface area (Å²) in [4.78, 5) is 10.9.